The Labute approximate surface area is 152 Å². The highest BCUT2D eigenvalue weighted by Crippen LogP contribution is 2.28. The number of carbonyl (C=O) groups is 1. The summed E-state index contributed by atoms with van der Waals surface area (Å²) in [6.45, 7) is 7.99. The third-order valence-electron chi connectivity index (χ3n) is 3.98. The van der Waals surface area contributed by atoms with E-state index in [-0.39, 0.29) is 17.5 Å². The van der Waals surface area contributed by atoms with Gasteiger partial charge in [0.1, 0.15) is 5.75 Å². The number of hydrogen-bond donors (Lipinski definition) is 2. The van der Waals surface area contributed by atoms with Crippen LogP contribution in [-0.4, -0.2) is 61.9 Å². The van der Waals surface area contributed by atoms with E-state index in [0.29, 0.717) is 24.8 Å². The molecule has 1 saturated heterocycles. The molecule has 1 aliphatic heterocycles. The van der Waals surface area contributed by atoms with E-state index in [2.05, 4.69) is 29.4 Å². The first-order valence-electron chi connectivity index (χ1n) is 8.60. The Kier molecular flexibility index (Phi) is 7.16. The summed E-state index contributed by atoms with van der Waals surface area (Å²) in [5.74, 6) is 0.925. The first-order chi connectivity index (χ1) is 12.4. The number of hydrogen-bond acceptors (Lipinski definition) is 6. The largest absolute Gasteiger partial charge is 0.495 e. The lowest BCUT2D eigenvalue weighted by molar-refractivity contribution is -0.384. The lowest BCUT2D eigenvalue weighted by atomic mass is 10.2. The molecule has 2 rings (SSSR count). The molecule has 0 radical (unpaired) electrons. The van der Waals surface area contributed by atoms with Crippen LogP contribution in [0.2, 0.25) is 0 Å². The smallest absolute Gasteiger partial charge is 0.319 e. The Morgan fingerprint density at radius 2 is 2.27 bits per heavy atom. The molecular weight excluding hydrogens is 340 g/mol. The Morgan fingerprint density at radius 3 is 2.92 bits per heavy atom. The SMILES string of the molecule is COc1ccc([N+](=O)[O-])cc1NC(=O)NC[C@@H]1CN(CC(C)C)CCO1. The average molecular weight is 366 g/mol. The minimum Gasteiger partial charge on any atom is -0.495 e. The van der Waals surface area contributed by atoms with Gasteiger partial charge in [-0.2, -0.15) is 0 Å². The van der Waals surface area contributed by atoms with Gasteiger partial charge in [-0.15, -0.1) is 0 Å². The Hall–Kier alpha value is -2.39. The number of ether oxygens (including phenoxy) is 2. The first kappa shape index (κ1) is 19.9. The molecule has 26 heavy (non-hydrogen) atoms. The van der Waals surface area contributed by atoms with Gasteiger partial charge in [-0.1, -0.05) is 13.8 Å². The average Bonchev–Trinajstić information content (AvgIpc) is 2.59. The van der Waals surface area contributed by atoms with E-state index < -0.39 is 11.0 Å². The van der Waals surface area contributed by atoms with E-state index in [1.807, 2.05) is 0 Å². The molecule has 2 amide bonds. The number of carbonyl (C=O) groups excluding carboxylic acids is 1. The van der Waals surface area contributed by atoms with Crippen molar-refractivity contribution in [3.8, 4) is 5.75 Å². The van der Waals surface area contributed by atoms with Gasteiger partial charge in [-0.05, 0) is 12.0 Å². The van der Waals surface area contributed by atoms with E-state index in [1.54, 1.807) is 0 Å². The number of nitrogens with one attached hydrogen (secondary N) is 2. The third-order valence-corrected chi connectivity index (χ3v) is 3.98. The van der Waals surface area contributed by atoms with Gasteiger partial charge in [0, 0.05) is 38.3 Å². The highest BCUT2D eigenvalue weighted by molar-refractivity contribution is 5.91. The molecule has 1 atom stereocenters. The molecule has 2 N–H and O–H groups in total. The fourth-order valence-electron chi connectivity index (χ4n) is 2.87. The van der Waals surface area contributed by atoms with Crippen LogP contribution in [0.15, 0.2) is 18.2 Å². The summed E-state index contributed by atoms with van der Waals surface area (Å²) in [7, 11) is 1.43. The maximum atomic E-state index is 12.1. The van der Waals surface area contributed by atoms with E-state index >= 15 is 0 Å². The van der Waals surface area contributed by atoms with Crippen molar-refractivity contribution in [2.24, 2.45) is 5.92 Å². The minimum atomic E-state index is -0.526. The fourth-order valence-corrected chi connectivity index (χ4v) is 2.87. The Morgan fingerprint density at radius 1 is 1.50 bits per heavy atom. The van der Waals surface area contributed by atoms with Gasteiger partial charge < -0.3 is 20.1 Å². The third kappa shape index (κ3) is 5.85. The molecule has 9 nitrogen and oxygen atoms in total. The summed E-state index contributed by atoms with van der Waals surface area (Å²) < 4.78 is 10.8. The predicted octanol–water partition coefficient (Wildman–Crippen LogP) is 2.08. The standard InChI is InChI=1S/C17H26N4O5/c1-12(2)10-20-6-7-26-14(11-20)9-18-17(22)19-15-8-13(21(23)24)4-5-16(15)25-3/h4-5,8,12,14H,6-7,9-11H2,1-3H3,(H2,18,19,22)/t14-/m1/s1. The molecule has 0 aromatic heterocycles. The van der Waals surface area contributed by atoms with Crippen molar-refractivity contribution in [1.29, 1.82) is 0 Å². The van der Waals surface area contributed by atoms with E-state index in [0.717, 1.165) is 19.6 Å². The molecule has 0 saturated carbocycles. The van der Waals surface area contributed by atoms with Gasteiger partial charge in [-0.3, -0.25) is 15.0 Å². The van der Waals surface area contributed by atoms with Crippen LogP contribution < -0.4 is 15.4 Å². The van der Waals surface area contributed by atoms with Gasteiger partial charge in [-0.25, -0.2) is 4.79 Å². The van der Waals surface area contributed by atoms with Crippen LogP contribution in [0.5, 0.6) is 5.75 Å². The first-order valence-corrected chi connectivity index (χ1v) is 8.60. The summed E-state index contributed by atoms with van der Waals surface area (Å²) in [4.78, 5) is 24.8. The molecule has 0 aliphatic carbocycles. The summed E-state index contributed by atoms with van der Waals surface area (Å²) in [6, 6.07) is 3.57. The number of nitro groups is 1. The monoisotopic (exact) mass is 366 g/mol. The molecule has 1 aromatic carbocycles. The maximum absolute atomic E-state index is 12.1. The zero-order valence-corrected chi connectivity index (χ0v) is 15.4. The number of nitro benzene ring substituents is 1. The quantitative estimate of drug-likeness (QED) is 0.565. The Bertz CT molecular complexity index is 638. The van der Waals surface area contributed by atoms with Crippen LogP contribution in [0.3, 0.4) is 0 Å². The maximum Gasteiger partial charge on any atom is 0.319 e. The lowest BCUT2D eigenvalue weighted by Crippen LogP contribution is -2.48. The van der Waals surface area contributed by atoms with Crippen molar-refractivity contribution in [2.75, 3.05) is 45.2 Å². The van der Waals surface area contributed by atoms with Gasteiger partial charge in [0.05, 0.1) is 30.4 Å². The number of non-ortho nitro benzene ring substituents is 1. The summed E-state index contributed by atoms with van der Waals surface area (Å²) in [6.07, 6.45) is -0.0831. The second-order valence-electron chi connectivity index (χ2n) is 6.62. The topological polar surface area (TPSA) is 106 Å². The molecule has 1 heterocycles. The number of nitrogens with zero attached hydrogens (tertiary/aromatic N) is 2. The molecule has 1 aliphatic rings. The van der Waals surface area contributed by atoms with Gasteiger partial charge >= 0.3 is 6.03 Å². The summed E-state index contributed by atoms with van der Waals surface area (Å²) >= 11 is 0. The van der Waals surface area contributed by atoms with Crippen molar-refractivity contribution >= 4 is 17.4 Å². The summed E-state index contributed by atoms with van der Waals surface area (Å²) in [5.41, 5.74) is 0.117. The number of rotatable bonds is 7. The summed E-state index contributed by atoms with van der Waals surface area (Å²) in [5, 5.41) is 16.2. The van der Waals surface area contributed by atoms with Gasteiger partial charge in [0.15, 0.2) is 0 Å². The van der Waals surface area contributed by atoms with Gasteiger partial charge in [0.25, 0.3) is 5.69 Å². The van der Waals surface area contributed by atoms with Crippen molar-refractivity contribution in [1.82, 2.24) is 10.2 Å². The van der Waals surface area contributed by atoms with Crippen molar-refractivity contribution in [2.45, 2.75) is 20.0 Å². The van der Waals surface area contributed by atoms with E-state index in [9.17, 15) is 14.9 Å². The van der Waals surface area contributed by atoms with Crippen LogP contribution in [0, 0.1) is 16.0 Å². The molecule has 1 fully saturated rings. The molecule has 1 aromatic rings. The zero-order valence-electron chi connectivity index (χ0n) is 15.4. The number of morpholine rings is 1. The molecule has 144 valence electrons. The second-order valence-corrected chi connectivity index (χ2v) is 6.62. The number of amides is 2. The number of methoxy groups -OCH3 is 1. The van der Waals surface area contributed by atoms with Gasteiger partial charge in [0.2, 0.25) is 0 Å². The number of anilines is 1. The lowest BCUT2D eigenvalue weighted by Gasteiger charge is -2.33. The fraction of sp³-hybridized carbons (Fsp3) is 0.588. The predicted molar refractivity (Wildman–Crippen MR) is 97.7 cm³/mol. The van der Waals surface area contributed by atoms with E-state index in [1.165, 1.54) is 25.3 Å². The van der Waals surface area contributed by atoms with Crippen LogP contribution >= 0.6 is 0 Å². The molecule has 0 bridgehead atoms. The normalized spacial score (nSPS) is 17.8. The van der Waals surface area contributed by atoms with E-state index in [4.69, 9.17) is 9.47 Å². The second kappa shape index (κ2) is 9.35. The van der Waals surface area contributed by atoms with Crippen molar-refractivity contribution in [3.63, 3.8) is 0 Å². The van der Waals surface area contributed by atoms with Crippen LogP contribution in [0.25, 0.3) is 0 Å². The molecular formula is C17H26N4O5. The molecule has 0 spiro atoms. The van der Waals surface area contributed by atoms with Crippen molar-refractivity contribution in [3.05, 3.63) is 28.3 Å². The number of benzene rings is 1. The van der Waals surface area contributed by atoms with Crippen molar-refractivity contribution < 1.29 is 19.2 Å². The molecule has 9 heteroatoms. The Balaban J connectivity index is 1.88. The minimum absolute atomic E-state index is 0.0831. The van der Waals surface area contributed by atoms with Crippen LogP contribution in [-0.2, 0) is 4.74 Å². The van der Waals surface area contributed by atoms with Crippen LogP contribution in [0.1, 0.15) is 13.8 Å². The zero-order chi connectivity index (χ0) is 19.1. The molecule has 0 unspecified atom stereocenters. The van der Waals surface area contributed by atoms with Crippen LogP contribution in [0.4, 0.5) is 16.2 Å². The highest BCUT2D eigenvalue weighted by Gasteiger charge is 2.21. The highest BCUT2D eigenvalue weighted by atomic mass is 16.6. The number of urea groups is 1.